The third-order valence-electron chi connectivity index (χ3n) is 13.1. The van der Waals surface area contributed by atoms with Gasteiger partial charge in [-0.2, -0.15) is 0 Å². The first-order valence-corrected chi connectivity index (χ1v) is 25.7. The predicted octanol–water partition coefficient (Wildman–Crippen LogP) is -3.27. The van der Waals surface area contributed by atoms with Crippen LogP contribution in [-0.4, -0.2) is 179 Å². The van der Waals surface area contributed by atoms with Crippen molar-refractivity contribution in [2.75, 3.05) is 39.4 Å². The molecule has 3 aliphatic heterocycles. The lowest BCUT2D eigenvalue weighted by Crippen LogP contribution is -2.62. The fraction of sp³-hybridized carbons (Fsp3) is 0.792. The fourth-order valence-electron chi connectivity index (χ4n) is 9.15. The number of aliphatic hydroxyl groups excluding tert-OH is 2. The highest BCUT2D eigenvalue weighted by Gasteiger charge is 2.43. The molecule has 0 aromatic rings. The average Bonchev–Trinajstić information content (AvgIpc) is 4.03. The van der Waals surface area contributed by atoms with Crippen LogP contribution < -0.4 is 54.0 Å². The largest absolute Gasteiger partial charge is 0.394 e. The van der Waals surface area contributed by atoms with Crippen LogP contribution in [0.3, 0.4) is 0 Å². The van der Waals surface area contributed by atoms with Crippen LogP contribution in [0.5, 0.6) is 0 Å². The summed E-state index contributed by atoms with van der Waals surface area (Å²) in [5, 5.41) is 42.3. The fourth-order valence-corrected chi connectivity index (χ4v) is 9.15. The molecule has 72 heavy (non-hydrogen) atoms. The quantitative estimate of drug-likeness (QED) is 0.0813. The van der Waals surface area contributed by atoms with E-state index in [-0.39, 0.29) is 89.4 Å². The molecule has 3 aliphatic rings. The minimum atomic E-state index is -1.55. The molecule has 0 aliphatic carbocycles. The Morgan fingerprint density at radius 2 is 0.750 bits per heavy atom. The summed E-state index contributed by atoms with van der Waals surface area (Å²) in [6.45, 7) is 12.6. The summed E-state index contributed by atoms with van der Waals surface area (Å²) in [5.74, 6) is -9.06. The van der Waals surface area contributed by atoms with Gasteiger partial charge in [0.1, 0.15) is 60.4 Å². The molecule has 10 atom stereocenters. The van der Waals surface area contributed by atoms with Crippen molar-refractivity contribution in [3.8, 4) is 0 Å². The Morgan fingerprint density at radius 3 is 1.04 bits per heavy atom. The molecule has 3 heterocycles. The summed E-state index contributed by atoms with van der Waals surface area (Å²) in [6.07, 6.45) is 1.87. The SMILES string of the molecule is CC(C)C[C@@H]1NC(=O)[C@H](CCCN)NC(=O)[C@H](C(C)C)NC(=O)[C@@H]2CCCN2C(=O)[C@@H](CO)NC(=O)[C@H](CC(C)C)NC(=O)[C@H](CCCN)NC(=O)[C@H](C(C)C)NC(=O)[C@@H]2CCCN2C(=O)[C@@H](CO)NC1=O. The van der Waals surface area contributed by atoms with E-state index in [1.54, 1.807) is 55.4 Å². The van der Waals surface area contributed by atoms with Crippen molar-refractivity contribution in [2.45, 2.75) is 180 Å². The molecule has 10 amide bonds. The molecule has 14 N–H and O–H groups in total. The van der Waals surface area contributed by atoms with Gasteiger partial charge in [0.05, 0.1) is 13.2 Å². The maximum atomic E-state index is 14.1. The summed E-state index contributed by atoms with van der Waals surface area (Å²) >= 11 is 0. The Bertz CT molecular complexity index is 1770. The lowest BCUT2D eigenvalue weighted by Gasteiger charge is -2.32. The molecule has 0 bridgehead atoms. The number of carbonyl (C=O) groups excluding carboxylic acids is 10. The number of aliphatic hydroxyl groups is 2. The molecule has 24 heteroatoms. The van der Waals surface area contributed by atoms with E-state index in [2.05, 4.69) is 42.5 Å². The van der Waals surface area contributed by atoms with Gasteiger partial charge < -0.3 is 74.0 Å². The van der Waals surface area contributed by atoms with E-state index in [1.807, 2.05) is 0 Å². The number of rotatable bonds is 14. The van der Waals surface area contributed by atoms with Gasteiger partial charge in [-0.05, 0) is 101 Å². The number of nitrogens with one attached hydrogen (secondary N) is 8. The second kappa shape index (κ2) is 29.3. The standard InChI is InChI=1S/C48H84N12O12/c1-25(2)21-31-41(65)55-33(23-61)47(71)59-19-11-15-35(59)43(67)58-38(28(7)8)46(70)52-30(14-10-18-50)40(64)54-32(22-26(3)4)42(66)56-34(24-62)48(72)60-20-12-16-36(60)44(68)57-37(27(5)6)45(69)51-29(13-9-17-49)39(63)53-31/h25-38,61-62H,9-24,49-50H2,1-8H3,(H,51,69)(H,52,70)(H,53,63)(H,54,64)(H,55,65)(H,56,66)(H,57,68)(H,58,67)/t29-,30-,31-,32-,33+,34+,35-,36-,37-,38-/m0/s1. The van der Waals surface area contributed by atoms with Crippen molar-refractivity contribution in [1.29, 1.82) is 0 Å². The van der Waals surface area contributed by atoms with E-state index < -0.39 is 145 Å². The Hall–Kier alpha value is -5.46. The number of nitrogens with two attached hydrogens (primary N) is 2. The first kappa shape index (κ1) is 60.8. The number of nitrogens with zero attached hydrogens (tertiary/aromatic N) is 2. The minimum Gasteiger partial charge on any atom is -0.394 e. The molecule has 408 valence electrons. The van der Waals surface area contributed by atoms with Gasteiger partial charge in [-0.15, -0.1) is 0 Å². The van der Waals surface area contributed by atoms with Crippen LogP contribution in [0.15, 0.2) is 0 Å². The molecule has 0 aromatic heterocycles. The van der Waals surface area contributed by atoms with E-state index in [4.69, 9.17) is 11.5 Å². The zero-order valence-electron chi connectivity index (χ0n) is 43.4. The molecule has 3 saturated heterocycles. The summed E-state index contributed by atoms with van der Waals surface area (Å²) in [6, 6.07) is -12.8. The van der Waals surface area contributed by atoms with E-state index in [0.29, 0.717) is 12.8 Å². The number of fused-ring (bicyclic) bond motifs is 2. The summed E-state index contributed by atoms with van der Waals surface area (Å²) in [5.41, 5.74) is 11.6. The van der Waals surface area contributed by atoms with E-state index >= 15 is 0 Å². The first-order valence-electron chi connectivity index (χ1n) is 25.7. The van der Waals surface area contributed by atoms with Crippen LogP contribution in [0.1, 0.15) is 120 Å². The number of amides is 10. The van der Waals surface area contributed by atoms with Crippen LogP contribution >= 0.6 is 0 Å². The molecular weight excluding hydrogens is 937 g/mol. The van der Waals surface area contributed by atoms with Crippen molar-refractivity contribution >= 4 is 59.1 Å². The number of hydrogen-bond donors (Lipinski definition) is 12. The van der Waals surface area contributed by atoms with Gasteiger partial charge in [0.2, 0.25) is 59.1 Å². The summed E-state index contributed by atoms with van der Waals surface area (Å²) < 4.78 is 0. The predicted molar refractivity (Wildman–Crippen MR) is 264 cm³/mol. The first-order chi connectivity index (χ1) is 34.0. The van der Waals surface area contributed by atoms with Gasteiger partial charge in [-0.1, -0.05) is 55.4 Å². The average molecular weight is 1020 g/mol. The van der Waals surface area contributed by atoms with Crippen LogP contribution in [0.25, 0.3) is 0 Å². The number of carbonyl (C=O) groups is 10. The Labute approximate surface area is 423 Å². The van der Waals surface area contributed by atoms with Gasteiger partial charge in [0.15, 0.2) is 0 Å². The van der Waals surface area contributed by atoms with Crippen molar-refractivity contribution in [1.82, 2.24) is 52.3 Å². The highest BCUT2D eigenvalue weighted by molar-refractivity contribution is 6.00. The smallest absolute Gasteiger partial charge is 0.248 e. The highest BCUT2D eigenvalue weighted by Crippen LogP contribution is 2.22. The molecule has 24 nitrogen and oxygen atoms in total. The second-order valence-electron chi connectivity index (χ2n) is 20.7. The highest BCUT2D eigenvalue weighted by atomic mass is 16.3. The Balaban J connectivity index is 2.12. The monoisotopic (exact) mass is 1020 g/mol. The maximum absolute atomic E-state index is 14.1. The van der Waals surface area contributed by atoms with Crippen LogP contribution in [0, 0.1) is 23.7 Å². The molecule has 3 rings (SSSR count). The maximum Gasteiger partial charge on any atom is 0.248 e. The summed E-state index contributed by atoms with van der Waals surface area (Å²) in [4.78, 5) is 143. The van der Waals surface area contributed by atoms with Crippen LogP contribution in [0.2, 0.25) is 0 Å². The molecular formula is C48H84N12O12. The van der Waals surface area contributed by atoms with Gasteiger partial charge in [-0.25, -0.2) is 0 Å². The molecule has 0 saturated carbocycles. The van der Waals surface area contributed by atoms with Crippen molar-refractivity contribution < 1.29 is 58.2 Å². The zero-order valence-corrected chi connectivity index (χ0v) is 43.4. The normalized spacial score (nSPS) is 28.7. The molecule has 3 fully saturated rings. The molecule has 0 aromatic carbocycles. The van der Waals surface area contributed by atoms with E-state index in [0.717, 1.165) is 0 Å². The second-order valence-corrected chi connectivity index (χ2v) is 20.7. The lowest BCUT2D eigenvalue weighted by molar-refractivity contribution is -0.144. The third-order valence-corrected chi connectivity index (χ3v) is 13.1. The van der Waals surface area contributed by atoms with E-state index in [1.165, 1.54) is 9.80 Å². The van der Waals surface area contributed by atoms with Crippen molar-refractivity contribution in [3.05, 3.63) is 0 Å². The Kier molecular flexibility index (Phi) is 24.8. The van der Waals surface area contributed by atoms with Crippen LogP contribution in [0.4, 0.5) is 0 Å². The topological polar surface area (TPSA) is 366 Å². The Morgan fingerprint density at radius 1 is 0.444 bits per heavy atom. The molecule has 0 unspecified atom stereocenters. The molecule has 0 radical (unpaired) electrons. The van der Waals surface area contributed by atoms with Gasteiger partial charge in [0, 0.05) is 13.1 Å². The third kappa shape index (κ3) is 17.4. The van der Waals surface area contributed by atoms with Gasteiger partial charge >= 0.3 is 0 Å². The van der Waals surface area contributed by atoms with Gasteiger partial charge in [0.25, 0.3) is 0 Å². The van der Waals surface area contributed by atoms with Crippen LogP contribution in [-0.2, 0) is 47.9 Å². The zero-order chi connectivity index (χ0) is 54.0. The van der Waals surface area contributed by atoms with E-state index in [9.17, 15) is 58.2 Å². The molecule has 0 spiro atoms. The summed E-state index contributed by atoms with van der Waals surface area (Å²) in [7, 11) is 0. The van der Waals surface area contributed by atoms with Gasteiger partial charge in [-0.3, -0.25) is 47.9 Å². The minimum absolute atomic E-state index is 0.0358. The number of hydrogen-bond acceptors (Lipinski definition) is 14. The van der Waals surface area contributed by atoms with Crippen molar-refractivity contribution in [2.24, 2.45) is 35.1 Å². The van der Waals surface area contributed by atoms with Crippen molar-refractivity contribution in [3.63, 3.8) is 0 Å². The lowest BCUT2D eigenvalue weighted by atomic mass is 9.99.